The molecule has 3 saturated carbocycles. The van der Waals surface area contributed by atoms with E-state index in [-0.39, 0.29) is 12.3 Å². The number of nitrogens with two attached hydrogens (primary N) is 1. The Labute approximate surface area is 248 Å². The number of rotatable bonds is 10. The Bertz CT molecular complexity index is 1000. The van der Waals surface area contributed by atoms with Gasteiger partial charge in [0.15, 0.2) is 0 Å². The molecule has 3 atom stereocenters. The van der Waals surface area contributed by atoms with Crippen LogP contribution in [0.15, 0.2) is 0 Å². The highest BCUT2D eigenvalue weighted by Gasteiger charge is 2.44. The lowest BCUT2D eigenvalue weighted by atomic mass is 9.81. The molecule has 0 aromatic heterocycles. The van der Waals surface area contributed by atoms with E-state index in [0.29, 0.717) is 45.1 Å². The summed E-state index contributed by atoms with van der Waals surface area (Å²) in [6, 6.07) is -3.53. The molecule has 4 fully saturated rings. The van der Waals surface area contributed by atoms with Crippen LogP contribution in [-0.2, 0) is 24.0 Å². The number of carboxylic acid groups (broad SMARTS) is 1. The lowest BCUT2D eigenvalue weighted by Gasteiger charge is -2.37. The number of primary amides is 1. The van der Waals surface area contributed by atoms with Crippen molar-refractivity contribution in [2.24, 2.45) is 17.6 Å². The zero-order chi connectivity index (χ0) is 30.9. The summed E-state index contributed by atoms with van der Waals surface area (Å²) in [5, 5.41) is 17.8. The molecule has 4 rings (SSSR count). The summed E-state index contributed by atoms with van der Waals surface area (Å²) in [6.07, 6.45) is 11.4. The van der Waals surface area contributed by atoms with E-state index >= 15 is 0 Å². The Balaban J connectivity index is 0.00000111. The number of aliphatic carboxylic acids is 1. The number of ketones is 1. The number of Topliss-reactive ketones (excluding diaryl/α,β-unsaturated/α-hetero) is 1. The fraction of sp³-hybridized carbons (Fsp3) is 0.800. The molecule has 2 unspecified atom stereocenters. The van der Waals surface area contributed by atoms with Crippen molar-refractivity contribution in [3.63, 3.8) is 0 Å². The summed E-state index contributed by atoms with van der Waals surface area (Å²) in [6.45, 7) is 4.23. The number of nitrogens with zero attached hydrogens (tertiary/aromatic N) is 1. The fourth-order valence-corrected chi connectivity index (χ4v) is 6.23. The van der Waals surface area contributed by atoms with Crippen LogP contribution in [-0.4, -0.2) is 75.7 Å². The number of likely N-dealkylation sites (tertiary alicyclic amines) is 1. The van der Waals surface area contributed by atoms with E-state index in [4.69, 9.17) is 5.73 Å². The van der Waals surface area contributed by atoms with Crippen LogP contribution >= 0.6 is 0 Å². The number of hydrogen-bond acceptors (Lipinski definition) is 6. The van der Waals surface area contributed by atoms with Gasteiger partial charge in [0.25, 0.3) is 5.91 Å². The molecule has 0 spiro atoms. The molecule has 1 saturated heterocycles. The van der Waals surface area contributed by atoms with E-state index in [1.165, 1.54) is 17.7 Å². The molecule has 0 radical (unpaired) electrons. The summed E-state index contributed by atoms with van der Waals surface area (Å²) >= 11 is 0. The molecule has 0 bridgehead atoms. The second-order valence-corrected chi connectivity index (χ2v) is 12.5. The molecular weight excluding hydrogens is 542 g/mol. The van der Waals surface area contributed by atoms with Crippen LogP contribution in [0.2, 0.25) is 0 Å². The fourth-order valence-electron chi connectivity index (χ4n) is 6.23. The molecule has 236 valence electrons. The third-order valence-electron chi connectivity index (χ3n) is 9.13. The molecular formula is C30H49N5O7. The summed E-state index contributed by atoms with van der Waals surface area (Å²) < 4.78 is 0. The Hall–Kier alpha value is -3.18. The van der Waals surface area contributed by atoms with Gasteiger partial charge in [0.1, 0.15) is 17.6 Å². The summed E-state index contributed by atoms with van der Waals surface area (Å²) in [5.74, 6) is -3.12. The van der Waals surface area contributed by atoms with E-state index in [9.17, 15) is 33.9 Å². The van der Waals surface area contributed by atoms with Crippen LogP contribution in [0, 0.1) is 11.8 Å². The zero-order valence-corrected chi connectivity index (χ0v) is 25.1. The smallest absolute Gasteiger partial charge is 0.329 e. The topological polar surface area (TPSA) is 188 Å². The van der Waals surface area contributed by atoms with Gasteiger partial charge in [-0.05, 0) is 56.8 Å². The maximum atomic E-state index is 13.8. The van der Waals surface area contributed by atoms with E-state index in [0.717, 1.165) is 44.4 Å². The first kappa shape index (κ1) is 33.3. The molecule has 0 aromatic carbocycles. The predicted molar refractivity (Wildman–Crippen MR) is 155 cm³/mol. The number of amides is 5. The van der Waals surface area contributed by atoms with Crippen LogP contribution in [0.5, 0.6) is 0 Å². The molecule has 6 N–H and O–H groups in total. The Morgan fingerprint density at radius 1 is 0.881 bits per heavy atom. The SMILES string of the molecule is CC1CC1.CCC(NC(=O)[C@@H]1CCCN1C(=O)C(NC(=O)NC1(C(=O)O)CCCCC1)C1CCCCC1)C(=O)C(N)=O. The van der Waals surface area contributed by atoms with Crippen LogP contribution in [0.4, 0.5) is 4.79 Å². The van der Waals surface area contributed by atoms with Gasteiger partial charge in [-0.25, -0.2) is 9.59 Å². The van der Waals surface area contributed by atoms with E-state index in [2.05, 4.69) is 22.9 Å². The van der Waals surface area contributed by atoms with Gasteiger partial charge in [-0.1, -0.05) is 65.2 Å². The summed E-state index contributed by atoms with van der Waals surface area (Å²) in [4.78, 5) is 76.9. The summed E-state index contributed by atoms with van der Waals surface area (Å²) in [5.41, 5.74) is 3.73. The van der Waals surface area contributed by atoms with E-state index in [1.54, 1.807) is 6.92 Å². The number of nitrogens with one attached hydrogen (secondary N) is 3. The van der Waals surface area contributed by atoms with Gasteiger partial charge in [-0.2, -0.15) is 0 Å². The third-order valence-corrected chi connectivity index (χ3v) is 9.13. The van der Waals surface area contributed by atoms with Crippen molar-refractivity contribution in [2.45, 2.75) is 134 Å². The van der Waals surface area contributed by atoms with E-state index in [1.807, 2.05) is 0 Å². The number of carbonyl (C=O) groups excluding carboxylic acids is 5. The molecule has 4 aliphatic rings. The molecule has 12 nitrogen and oxygen atoms in total. The highest BCUT2D eigenvalue weighted by Crippen LogP contribution is 2.31. The average molecular weight is 592 g/mol. The second-order valence-electron chi connectivity index (χ2n) is 12.5. The molecule has 12 heteroatoms. The van der Waals surface area contributed by atoms with Crippen molar-refractivity contribution in [3.8, 4) is 0 Å². The average Bonchev–Trinajstić information content (AvgIpc) is 3.60. The monoisotopic (exact) mass is 591 g/mol. The van der Waals surface area contributed by atoms with Crippen LogP contribution in [0.3, 0.4) is 0 Å². The molecule has 3 aliphatic carbocycles. The first-order valence-corrected chi connectivity index (χ1v) is 15.8. The van der Waals surface area contributed by atoms with Gasteiger partial charge >= 0.3 is 12.0 Å². The summed E-state index contributed by atoms with van der Waals surface area (Å²) in [7, 11) is 0. The number of hydrogen-bond donors (Lipinski definition) is 5. The van der Waals surface area contributed by atoms with Gasteiger partial charge in [0.05, 0.1) is 6.04 Å². The molecule has 1 heterocycles. The highest BCUT2D eigenvalue weighted by atomic mass is 16.4. The zero-order valence-electron chi connectivity index (χ0n) is 25.1. The standard InChI is InChI=1S/C26H41N5O7.C4H8/c1-2-17(20(32)21(27)33)28-22(34)18-12-9-15-31(18)23(35)19(16-10-5-3-6-11-16)29-25(38)30-26(24(36)37)13-7-4-8-14-26;1-4-2-3-4/h16-19H,2-15H2,1H3,(H2,27,33)(H,28,34)(H,36,37)(H2,29,30,38);4H,2-3H2,1H3/t17?,18-,19?;/m0./s1. The molecule has 0 aromatic rings. The largest absolute Gasteiger partial charge is 0.480 e. The van der Waals surface area contributed by atoms with Gasteiger partial charge < -0.3 is 31.7 Å². The van der Waals surface area contributed by atoms with Crippen molar-refractivity contribution >= 4 is 35.5 Å². The Kier molecular flexibility index (Phi) is 12.2. The van der Waals surface area contributed by atoms with Crippen molar-refractivity contribution < 1.29 is 33.9 Å². The van der Waals surface area contributed by atoms with Crippen molar-refractivity contribution in [1.29, 1.82) is 0 Å². The second kappa shape index (κ2) is 15.3. The van der Waals surface area contributed by atoms with Crippen LogP contribution in [0.25, 0.3) is 0 Å². The molecule has 5 amide bonds. The number of carbonyl (C=O) groups is 6. The lowest BCUT2D eigenvalue weighted by molar-refractivity contribution is -0.145. The Morgan fingerprint density at radius 2 is 1.48 bits per heavy atom. The van der Waals surface area contributed by atoms with Gasteiger partial charge in [0.2, 0.25) is 17.6 Å². The van der Waals surface area contributed by atoms with Gasteiger partial charge in [-0.3, -0.25) is 19.2 Å². The maximum Gasteiger partial charge on any atom is 0.329 e. The third kappa shape index (κ3) is 8.91. The minimum Gasteiger partial charge on any atom is -0.480 e. The lowest BCUT2D eigenvalue weighted by Crippen LogP contribution is -2.62. The first-order chi connectivity index (χ1) is 20.0. The van der Waals surface area contributed by atoms with Gasteiger partial charge in [0, 0.05) is 6.54 Å². The number of carboxylic acids is 1. The quantitative estimate of drug-likeness (QED) is 0.241. The van der Waals surface area contributed by atoms with Crippen molar-refractivity contribution in [2.75, 3.05) is 6.54 Å². The molecule has 1 aliphatic heterocycles. The minimum atomic E-state index is -1.36. The highest BCUT2D eigenvalue weighted by molar-refractivity contribution is 6.37. The van der Waals surface area contributed by atoms with Crippen LogP contribution in [0.1, 0.15) is 110 Å². The normalized spacial score (nSPS) is 23.4. The predicted octanol–water partition coefficient (Wildman–Crippen LogP) is 2.38. The van der Waals surface area contributed by atoms with E-state index < -0.39 is 59.2 Å². The van der Waals surface area contributed by atoms with Crippen molar-refractivity contribution in [3.05, 3.63) is 0 Å². The minimum absolute atomic E-state index is 0.140. The number of urea groups is 1. The maximum absolute atomic E-state index is 13.8. The first-order valence-electron chi connectivity index (χ1n) is 15.8. The van der Waals surface area contributed by atoms with Gasteiger partial charge in [-0.15, -0.1) is 0 Å². The molecule has 42 heavy (non-hydrogen) atoms. The Morgan fingerprint density at radius 3 is 2.00 bits per heavy atom. The van der Waals surface area contributed by atoms with Crippen LogP contribution < -0.4 is 21.7 Å². The van der Waals surface area contributed by atoms with Crippen molar-refractivity contribution in [1.82, 2.24) is 20.9 Å².